The Labute approximate surface area is 144 Å². The van der Waals surface area contributed by atoms with Gasteiger partial charge in [-0.1, -0.05) is 30.3 Å². The third-order valence-electron chi connectivity index (χ3n) is 4.40. The second-order valence-electron chi connectivity index (χ2n) is 5.95. The molecule has 3 aromatic rings. The van der Waals surface area contributed by atoms with Crippen LogP contribution in [0.3, 0.4) is 0 Å². The average molecular weight is 338 g/mol. The number of ether oxygens (including phenoxy) is 1. The molecule has 1 heterocycles. The molecule has 0 saturated heterocycles. The minimum atomic E-state index is -1.14. The van der Waals surface area contributed by atoms with Gasteiger partial charge in [0.25, 0.3) is 0 Å². The molecule has 0 aliphatic rings. The van der Waals surface area contributed by atoms with E-state index in [2.05, 4.69) is 0 Å². The van der Waals surface area contributed by atoms with Crippen molar-refractivity contribution in [1.29, 1.82) is 0 Å². The lowest BCUT2D eigenvalue weighted by atomic mass is 10.0. The third-order valence-corrected chi connectivity index (χ3v) is 4.40. The summed E-state index contributed by atoms with van der Waals surface area (Å²) in [4.78, 5) is 23.6. The summed E-state index contributed by atoms with van der Waals surface area (Å²) in [6.45, 7) is 5.33. The lowest BCUT2D eigenvalue weighted by molar-refractivity contribution is -0.145. The van der Waals surface area contributed by atoms with Gasteiger partial charge in [0.1, 0.15) is 11.3 Å². The second-order valence-corrected chi connectivity index (χ2v) is 5.95. The van der Waals surface area contributed by atoms with Gasteiger partial charge < -0.3 is 14.3 Å². The lowest BCUT2D eigenvalue weighted by Gasteiger charge is -2.18. The highest BCUT2D eigenvalue weighted by Crippen LogP contribution is 2.32. The van der Waals surface area contributed by atoms with Crippen molar-refractivity contribution in [2.75, 3.05) is 0 Å². The maximum Gasteiger partial charge on any atom is 0.349 e. The minimum absolute atomic E-state index is 0.371. The molecular weight excluding hydrogens is 320 g/mol. The van der Waals surface area contributed by atoms with Crippen molar-refractivity contribution < 1.29 is 19.1 Å². The predicted octanol–water partition coefficient (Wildman–Crippen LogP) is 3.92. The van der Waals surface area contributed by atoms with Crippen LogP contribution in [0.4, 0.5) is 0 Å². The lowest BCUT2D eigenvalue weighted by Crippen LogP contribution is -2.18. The molecule has 0 unspecified atom stereocenters. The van der Waals surface area contributed by atoms with Gasteiger partial charge in [-0.2, -0.15) is 0 Å². The Balaban J connectivity index is 2.10. The molecule has 0 fully saturated rings. The van der Waals surface area contributed by atoms with Gasteiger partial charge in [-0.05, 0) is 38.5 Å². The number of aryl methyl sites for hydroxylation is 2. The Morgan fingerprint density at radius 2 is 1.68 bits per heavy atom. The number of carbonyl (C=O) groups is 1. The van der Waals surface area contributed by atoms with Crippen LogP contribution in [0.5, 0.6) is 5.75 Å². The number of hydrogen-bond acceptors (Lipinski definition) is 4. The fourth-order valence-corrected chi connectivity index (χ4v) is 2.77. The number of benzene rings is 2. The monoisotopic (exact) mass is 338 g/mol. The van der Waals surface area contributed by atoms with Gasteiger partial charge in [0.2, 0.25) is 6.10 Å². The fourth-order valence-electron chi connectivity index (χ4n) is 2.77. The summed E-state index contributed by atoms with van der Waals surface area (Å²) in [7, 11) is 0. The predicted molar refractivity (Wildman–Crippen MR) is 94.1 cm³/mol. The Hall–Kier alpha value is -3.08. The van der Waals surface area contributed by atoms with Crippen molar-refractivity contribution in [2.24, 2.45) is 0 Å². The maximum absolute atomic E-state index is 12.0. The number of fused-ring (bicyclic) bond motifs is 1. The van der Waals surface area contributed by atoms with Crippen LogP contribution in [0, 0.1) is 20.8 Å². The Morgan fingerprint density at radius 3 is 2.32 bits per heavy atom. The summed E-state index contributed by atoms with van der Waals surface area (Å²) < 4.78 is 11.2. The molecule has 0 amide bonds. The van der Waals surface area contributed by atoms with Crippen LogP contribution in [0.15, 0.2) is 51.7 Å². The first-order valence-electron chi connectivity index (χ1n) is 7.88. The van der Waals surface area contributed by atoms with E-state index < -0.39 is 17.7 Å². The van der Waals surface area contributed by atoms with E-state index in [1.54, 1.807) is 50.2 Å². The highest BCUT2D eigenvalue weighted by molar-refractivity contribution is 5.85. The van der Waals surface area contributed by atoms with Gasteiger partial charge >= 0.3 is 11.6 Å². The van der Waals surface area contributed by atoms with E-state index in [0.717, 1.165) is 10.9 Å². The summed E-state index contributed by atoms with van der Waals surface area (Å²) in [5, 5.41) is 10.3. The van der Waals surface area contributed by atoms with E-state index in [1.807, 2.05) is 13.0 Å². The summed E-state index contributed by atoms with van der Waals surface area (Å²) in [5.74, 6) is -0.720. The normalized spacial score (nSPS) is 12.1. The van der Waals surface area contributed by atoms with Crippen LogP contribution in [-0.4, -0.2) is 11.1 Å². The molecule has 3 rings (SSSR count). The second kappa shape index (κ2) is 6.43. The van der Waals surface area contributed by atoms with Gasteiger partial charge in [0.05, 0.1) is 0 Å². The van der Waals surface area contributed by atoms with Crippen LogP contribution < -0.4 is 10.4 Å². The Morgan fingerprint density at radius 1 is 1.00 bits per heavy atom. The first-order chi connectivity index (χ1) is 11.9. The van der Waals surface area contributed by atoms with E-state index >= 15 is 0 Å². The molecule has 0 saturated carbocycles. The molecule has 128 valence electrons. The Kier molecular flexibility index (Phi) is 4.31. The standard InChI is InChI=1S/C20H18O5/c1-11-12(2)20(23)25-17-13(3)16(10-9-15(11)17)24-18(19(21)22)14-7-5-4-6-8-14/h4-10,18H,1-3H3,(H,21,22)/t18-/m0/s1. The summed E-state index contributed by atoms with van der Waals surface area (Å²) in [5.41, 5.74) is 2.56. The van der Waals surface area contributed by atoms with E-state index in [4.69, 9.17) is 9.15 Å². The Bertz CT molecular complexity index is 1000. The molecule has 2 aromatic carbocycles. The van der Waals surface area contributed by atoms with Gasteiger partial charge in [0.15, 0.2) is 0 Å². The smallest absolute Gasteiger partial charge is 0.349 e. The summed E-state index contributed by atoms with van der Waals surface area (Å²) in [6, 6.07) is 12.2. The quantitative estimate of drug-likeness (QED) is 0.730. The summed E-state index contributed by atoms with van der Waals surface area (Å²) in [6.07, 6.45) is -1.14. The zero-order chi connectivity index (χ0) is 18.1. The topological polar surface area (TPSA) is 76.7 Å². The number of rotatable bonds is 4. The van der Waals surface area contributed by atoms with Crippen molar-refractivity contribution in [3.63, 3.8) is 0 Å². The first-order valence-corrected chi connectivity index (χ1v) is 7.88. The maximum atomic E-state index is 12.0. The zero-order valence-electron chi connectivity index (χ0n) is 14.2. The number of hydrogen-bond donors (Lipinski definition) is 1. The molecule has 5 nitrogen and oxygen atoms in total. The molecule has 1 atom stereocenters. The molecule has 25 heavy (non-hydrogen) atoms. The van der Waals surface area contributed by atoms with Crippen LogP contribution in [0.1, 0.15) is 28.4 Å². The SMILES string of the molecule is Cc1c(C)c2ccc(O[C@H](C(=O)O)c3ccccc3)c(C)c2oc1=O. The summed E-state index contributed by atoms with van der Waals surface area (Å²) >= 11 is 0. The third kappa shape index (κ3) is 3.01. The van der Waals surface area contributed by atoms with Crippen LogP contribution in [-0.2, 0) is 4.79 Å². The number of aliphatic carboxylic acids is 1. The van der Waals surface area contributed by atoms with Crippen LogP contribution >= 0.6 is 0 Å². The largest absolute Gasteiger partial charge is 0.478 e. The van der Waals surface area contributed by atoms with Crippen LogP contribution in [0.25, 0.3) is 11.0 Å². The molecular formula is C20H18O5. The van der Waals surface area contributed by atoms with Crippen molar-refractivity contribution in [1.82, 2.24) is 0 Å². The molecule has 1 aromatic heterocycles. The van der Waals surface area contributed by atoms with Crippen molar-refractivity contribution >= 4 is 16.9 Å². The van der Waals surface area contributed by atoms with Gasteiger partial charge in [-0.25, -0.2) is 9.59 Å². The highest BCUT2D eigenvalue weighted by Gasteiger charge is 2.23. The van der Waals surface area contributed by atoms with E-state index in [1.165, 1.54) is 0 Å². The number of carboxylic acids is 1. The van der Waals surface area contributed by atoms with Crippen molar-refractivity contribution in [3.8, 4) is 5.75 Å². The molecule has 0 radical (unpaired) electrons. The number of carboxylic acid groups (broad SMARTS) is 1. The van der Waals surface area contributed by atoms with Gasteiger partial charge in [-0.3, -0.25) is 0 Å². The molecule has 0 aliphatic heterocycles. The first kappa shape index (κ1) is 16.8. The van der Waals surface area contributed by atoms with E-state index in [-0.39, 0.29) is 0 Å². The van der Waals surface area contributed by atoms with Crippen molar-refractivity contribution in [3.05, 3.63) is 75.1 Å². The molecule has 0 aliphatic carbocycles. The molecule has 1 N–H and O–H groups in total. The molecule has 0 bridgehead atoms. The van der Waals surface area contributed by atoms with E-state index in [9.17, 15) is 14.7 Å². The highest BCUT2D eigenvalue weighted by atomic mass is 16.5. The van der Waals surface area contributed by atoms with Gasteiger partial charge in [0, 0.05) is 22.1 Å². The average Bonchev–Trinajstić information content (AvgIpc) is 2.60. The van der Waals surface area contributed by atoms with E-state index in [0.29, 0.717) is 28.0 Å². The molecule has 0 spiro atoms. The van der Waals surface area contributed by atoms with Gasteiger partial charge in [-0.15, -0.1) is 0 Å². The molecule has 5 heteroatoms. The fraction of sp³-hybridized carbons (Fsp3) is 0.200. The van der Waals surface area contributed by atoms with Crippen LogP contribution in [0.2, 0.25) is 0 Å². The minimum Gasteiger partial charge on any atom is -0.478 e. The van der Waals surface area contributed by atoms with Crippen molar-refractivity contribution in [2.45, 2.75) is 26.9 Å². The zero-order valence-corrected chi connectivity index (χ0v) is 14.2.